The molecule has 0 fully saturated rings. The molecular formula is C13H22FN3. The SMILES string of the molecule is C=CC(C)C(C)CC(/N=C(\C)F)=C(\N)C(C)=N. The van der Waals surface area contributed by atoms with Crippen LogP contribution < -0.4 is 5.73 Å². The molecule has 0 rings (SSSR count). The van der Waals surface area contributed by atoms with Gasteiger partial charge in [-0.1, -0.05) is 19.9 Å². The third kappa shape index (κ3) is 5.43. The molecule has 0 aliphatic rings. The van der Waals surface area contributed by atoms with Crippen molar-refractivity contribution in [2.24, 2.45) is 22.6 Å². The molecule has 17 heavy (non-hydrogen) atoms. The topological polar surface area (TPSA) is 62.2 Å². The molecule has 0 saturated carbocycles. The fraction of sp³-hybridized carbons (Fsp3) is 0.538. The number of nitrogens with zero attached hydrogens (tertiary/aromatic N) is 1. The van der Waals surface area contributed by atoms with Gasteiger partial charge in [-0.2, -0.15) is 4.39 Å². The quantitative estimate of drug-likeness (QED) is 0.541. The maximum absolute atomic E-state index is 12.9. The van der Waals surface area contributed by atoms with Gasteiger partial charge < -0.3 is 11.1 Å². The van der Waals surface area contributed by atoms with Crippen molar-refractivity contribution in [3.63, 3.8) is 0 Å². The Bertz CT molecular complexity index is 352. The lowest BCUT2D eigenvalue weighted by atomic mass is 9.91. The molecule has 0 spiro atoms. The Labute approximate surface area is 103 Å². The molecule has 0 bridgehead atoms. The molecule has 0 aromatic heterocycles. The molecule has 0 aliphatic heterocycles. The average molecular weight is 239 g/mol. The van der Waals surface area contributed by atoms with Crippen LogP contribution in [0.2, 0.25) is 0 Å². The molecule has 3 nitrogen and oxygen atoms in total. The zero-order valence-electron chi connectivity index (χ0n) is 11.0. The Morgan fingerprint density at radius 1 is 1.47 bits per heavy atom. The Hall–Kier alpha value is -1.45. The smallest absolute Gasteiger partial charge is 0.186 e. The van der Waals surface area contributed by atoms with Crippen LogP contribution in [0, 0.1) is 17.2 Å². The van der Waals surface area contributed by atoms with Crippen LogP contribution in [-0.2, 0) is 0 Å². The number of allylic oxidation sites excluding steroid dienone is 3. The van der Waals surface area contributed by atoms with Crippen molar-refractivity contribution in [1.29, 1.82) is 5.41 Å². The molecule has 4 heteroatoms. The molecule has 0 aliphatic carbocycles. The summed E-state index contributed by atoms with van der Waals surface area (Å²) in [5.41, 5.74) is 6.66. The van der Waals surface area contributed by atoms with Gasteiger partial charge in [-0.05, 0) is 25.2 Å². The van der Waals surface area contributed by atoms with Gasteiger partial charge in [0.05, 0.1) is 17.1 Å². The number of aliphatic imine (C=N–C) groups is 1. The first kappa shape index (κ1) is 15.6. The first-order valence-corrected chi connectivity index (χ1v) is 5.67. The molecular weight excluding hydrogens is 217 g/mol. The van der Waals surface area contributed by atoms with Gasteiger partial charge >= 0.3 is 0 Å². The summed E-state index contributed by atoms with van der Waals surface area (Å²) in [6, 6.07) is 0. The molecule has 2 atom stereocenters. The molecule has 3 N–H and O–H groups in total. The third-order valence-corrected chi connectivity index (χ3v) is 2.79. The van der Waals surface area contributed by atoms with E-state index in [-0.39, 0.29) is 17.3 Å². The Balaban J connectivity index is 5.11. The summed E-state index contributed by atoms with van der Waals surface area (Å²) in [5, 5.41) is 7.48. The number of nitrogens with two attached hydrogens (primary N) is 1. The van der Waals surface area contributed by atoms with Gasteiger partial charge in [0, 0.05) is 6.92 Å². The minimum Gasteiger partial charge on any atom is -0.396 e. The normalized spacial score (nSPS) is 17.1. The van der Waals surface area contributed by atoms with Crippen LogP contribution in [0.1, 0.15) is 34.1 Å². The van der Waals surface area contributed by atoms with E-state index in [1.165, 1.54) is 6.92 Å². The van der Waals surface area contributed by atoms with Crippen LogP contribution >= 0.6 is 0 Å². The first-order chi connectivity index (χ1) is 7.79. The predicted molar refractivity (Wildman–Crippen MR) is 72.0 cm³/mol. The van der Waals surface area contributed by atoms with Crippen molar-refractivity contribution in [1.82, 2.24) is 0 Å². The van der Waals surface area contributed by atoms with E-state index in [4.69, 9.17) is 11.1 Å². The number of hydrogen-bond acceptors (Lipinski definition) is 3. The van der Waals surface area contributed by atoms with Crippen LogP contribution in [0.25, 0.3) is 0 Å². The summed E-state index contributed by atoms with van der Waals surface area (Å²) >= 11 is 0. The summed E-state index contributed by atoms with van der Waals surface area (Å²) in [7, 11) is 0. The van der Waals surface area contributed by atoms with Gasteiger partial charge in [0.25, 0.3) is 0 Å². The standard InChI is InChI=1S/C13H22FN3/c1-6-8(2)9(3)7-12(17-11(5)14)13(16)10(4)15/h6,8-9,15H,1,7,16H2,2-5H3/b13-12+,15-10?,17-11+. The number of rotatable bonds is 6. The summed E-state index contributed by atoms with van der Waals surface area (Å²) in [6.45, 7) is 10.6. The Kier molecular flexibility index (Phi) is 6.39. The first-order valence-electron chi connectivity index (χ1n) is 5.67. The van der Waals surface area contributed by atoms with E-state index in [1.807, 2.05) is 19.9 Å². The second kappa shape index (κ2) is 6.99. The molecule has 0 aromatic rings. The molecule has 96 valence electrons. The van der Waals surface area contributed by atoms with Crippen molar-refractivity contribution < 1.29 is 4.39 Å². The summed E-state index contributed by atoms with van der Waals surface area (Å²) in [5.74, 6) is 0.00473. The fourth-order valence-corrected chi connectivity index (χ4v) is 1.34. The highest BCUT2D eigenvalue weighted by Crippen LogP contribution is 2.23. The van der Waals surface area contributed by atoms with Gasteiger partial charge in [-0.15, -0.1) is 6.58 Å². The summed E-state index contributed by atoms with van der Waals surface area (Å²) in [6.07, 6.45) is 2.39. The number of nitrogens with one attached hydrogen (secondary N) is 1. The summed E-state index contributed by atoms with van der Waals surface area (Å²) in [4.78, 5) is 3.78. The van der Waals surface area contributed by atoms with E-state index in [1.54, 1.807) is 6.92 Å². The summed E-state index contributed by atoms with van der Waals surface area (Å²) < 4.78 is 12.9. The van der Waals surface area contributed by atoms with E-state index in [2.05, 4.69) is 11.6 Å². The van der Waals surface area contributed by atoms with Gasteiger partial charge in [0.2, 0.25) is 0 Å². The van der Waals surface area contributed by atoms with E-state index < -0.39 is 5.97 Å². The monoisotopic (exact) mass is 239 g/mol. The van der Waals surface area contributed by atoms with E-state index in [9.17, 15) is 4.39 Å². The van der Waals surface area contributed by atoms with Crippen molar-refractivity contribution in [3.05, 3.63) is 24.0 Å². The lowest BCUT2D eigenvalue weighted by Gasteiger charge is -2.17. The number of halogens is 1. The molecule has 0 heterocycles. The maximum Gasteiger partial charge on any atom is 0.186 e. The minimum atomic E-state index is -0.539. The largest absolute Gasteiger partial charge is 0.396 e. The lowest BCUT2D eigenvalue weighted by Crippen LogP contribution is -2.14. The van der Waals surface area contributed by atoms with Crippen molar-refractivity contribution in [2.45, 2.75) is 34.1 Å². The van der Waals surface area contributed by atoms with Crippen LogP contribution in [0.15, 0.2) is 29.0 Å². The average Bonchev–Trinajstić information content (AvgIpc) is 2.24. The second-order valence-corrected chi connectivity index (χ2v) is 4.37. The van der Waals surface area contributed by atoms with Crippen LogP contribution in [-0.4, -0.2) is 11.7 Å². The predicted octanol–water partition coefficient (Wildman–Crippen LogP) is 3.43. The number of hydrogen-bond donors (Lipinski definition) is 2. The fourth-order valence-electron chi connectivity index (χ4n) is 1.34. The van der Waals surface area contributed by atoms with Crippen LogP contribution in [0.3, 0.4) is 0 Å². The van der Waals surface area contributed by atoms with Crippen molar-refractivity contribution in [2.75, 3.05) is 0 Å². The van der Waals surface area contributed by atoms with Gasteiger partial charge in [-0.3, -0.25) is 0 Å². The third-order valence-electron chi connectivity index (χ3n) is 2.79. The van der Waals surface area contributed by atoms with Gasteiger partial charge in [0.15, 0.2) is 5.97 Å². The van der Waals surface area contributed by atoms with E-state index >= 15 is 0 Å². The molecule has 0 aromatic carbocycles. The van der Waals surface area contributed by atoms with Gasteiger partial charge in [-0.25, -0.2) is 4.99 Å². The highest BCUT2D eigenvalue weighted by molar-refractivity contribution is 5.95. The van der Waals surface area contributed by atoms with Crippen LogP contribution in [0.5, 0.6) is 0 Å². The zero-order chi connectivity index (χ0) is 13.6. The second-order valence-electron chi connectivity index (χ2n) is 4.37. The molecule has 0 saturated heterocycles. The zero-order valence-corrected chi connectivity index (χ0v) is 11.0. The molecule has 0 radical (unpaired) electrons. The van der Waals surface area contributed by atoms with Crippen LogP contribution in [0.4, 0.5) is 4.39 Å². The highest BCUT2D eigenvalue weighted by Gasteiger charge is 2.14. The van der Waals surface area contributed by atoms with Gasteiger partial charge in [0.1, 0.15) is 0 Å². The maximum atomic E-state index is 12.9. The van der Waals surface area contributed by atoms with E-state index in [0.29, 0.717) is 18.0 Å². The van der Waals surface area contributed by atoms with Crippen molar-refractivity contribution in [3.8, 4) is 0 Å². The lowest BCUT2D eigenvalue weighted by molar-refractivity contribution is 0.454. The minimum absolute atomic E-state index is 0.212. The Morgan fingerprint density at radius 3 is 2.35 bits per heavy atom. The molecule has 0 amide bonds. The highest BCUT2D eigenvalue weighted by atomic mass is 19.1. The Morgan fingerprint density at radius 2 is 2.00 bits per heavy atom. The van der Waals surface area contributed by atoms with E-state index in [0.717, 1.165) is 0 Å². The van der Waals surface area contributed by atoms with Crippen molar-refractivity contribution >= 4 is 11.7 Å². The molecule has 2 unspecified atom stereocenters.